The lowest BCUT2D eigenvalue weighted by molar-refractivity contribution is 0.129. The highest BCUT2D eigenvalue weighted by Crippen LogP contribution is 2.23. The Bertz CT molecular complexity index is 377. The van der Waals surface area contributed by atoms with Crippen LogP contribution in [-0.4, -0.2) is 54.7 Å². The van der Waals surface area contributed by atoms with Crippen molar-refractivity contribution in [3.8, 4) is 0 Å². The first-order chi connectivity index (χ1) is 9.17. The summed E-state index contributed by atoms with van der Waals surface area (Å²) in [5.74, 6) is 0.787. The third kappa shape index (κ3) is 5.04. The van der Waals surface area contributed by atoms with Gasteiger partial charge in [-0.2, -0.15) is 0 Å². The molecule has 0 aromatic carbocycles. The molecule has 0 spiro atoms. The summed E-state index contributed by atoms with van der Waals surface area (Å²) in [4.78, 5) is 6.09. The lowest BCUT2D eigenvalue weighted by atomic mass is 9.96. The van der Waals surface area contributed by atoms with E-state index >= 15 is 0 Å². The zero-order valence-corrected chi connectivity index (χ0v) is 13.1. The number of nitrogens with zero attached hydrogens (tertiary/aromatic N) is 2. The predicted molar refractivity (Wildman–Crippen MR) is 81.9 cm³/mol. The van der Waals surface area contributed by atoms with Crippen molar-refractivity contribution in [3.63, 3.8) is 0 Å². The Morgan fingerprint density at radius 2 is 2.16 bits per heavy atom. The molecule has 0 atom stereocenters. The molecule has 0 saturated carbocycles. The van der Waals surface area contributed by atoms with Gasteiger partial charge in [0.05, 0.1) is 10.9 Å². The molecule has 0 radical (unpaired) electrons. The van der Waals surface area contributed by atoms with Crippen LogP contribution in [0.4, 0.5) is 0 Å². The maximum Gasteiger partial charge on any atom is 0.0931 e. The predicted octanol–water partition coefficient (Wildman–Crippen LogP) is 2.54. The number of β-amino-alcohol motifs (C(OH)–C–C–N with tert-alkyl or cyclic N) is 1. The highest BCUT2D eigenvalue weighted by molar-refractivity contribution is 7.16. The smallest absolute Gasteiger partial charge is 0.0931 e. The second-order valence-corrected chi connectivity index (χ2v) is 7.21. The average Bonchev–Trinajstić information content (AvgIpc) is 2.77. The van der Waals surface area contributed by atoms with Gasteiger partial charge in [0.25, 0.3) is 0 Å². The van der Waals surface area contributed by atoms with E-state index in [0.717, 1.165) is 43.0 Å². The van der Waals surface area contributed by atoms with Crippen molar-refractivity contribution in [2.75, 3.05) is 39.8 Å². The monoisotopic (exact) mass is 302 g/mol. The van der Waals surface area contributed by atoms with E-state index < -0.39 is 0 Å². The van der Waals surface area contributed by atoms with Crippen molar-refractivity contribution in [1.29, 1.82) is 0 Å². The Labute approximate surface area is 124 Å². The second-order valence-electron chi connectivity index (χ2n) is 5.41. The van der Waals surface area contributed by atoms with E-state index in [4.69, 9.17) is 16.7 Å². The fourth-order valence-electron chi connectivity index (χ4n) is 2.74. The summed E-state index contributed by atoms with van der Waals surface area (Å²) in [6.07, 6.45) is 2.49. The number of rotatable bonds is 6. The molecule has 1 N–H and O–H groups in total. The van der Waals surface area contributed by atoms with Crippen LogP contribution in [0.1, 0.15) is 17.7 Å². The minimum absolute atomic E-state index is 0.281. The van der Waals surface area contributed by atoms with Gasteiger partial charge in [0.15, 0.2) is 0 Å². The van der Waals surface area contributed by atoms with Crippen LogP contribution in [0, 0.1) is 5.92 Å². The molecule has 1 saturated heterocycles. The Kier molecular flexibility index (Phi) is 6.10. The maximum atomic E-state index is 8.94. The first-order valence-corrected chi connectivity index (χ1v) is 8.13. The van der Waals surface area contributed by atoms with Crippen LogP contribution in [0.15, 0.2) is 12.1 Å². The maximum absolute atomic E-state index is 8.94. The van der Waals surface area contributed by atoms with E-state index in [1.165, 1.54) is 17.7 Å². The Balaban J connectivity index is 1.70. The average molecular weight is 303 g/mol. The summed E-state index contributed by atoms with van der Waals surface area (Å²) >= 11 is 7.63. The Hall–Kier alpha value is -0.130. The molecule has 1 aliphatic rings. The Morgan fingerprint density at radius 3 is 2.74 bits per heavy atom. The number of hydrogen-bond acceptors (Lipinski definition) is 4. The zero-order valence-electron chi connectivity index (χ0n) is 11.5. The summed E-state index contributed by atoms with van der Waals surface area (Å²) in [5.41, 5.74) is 0. The van der Waals surface area contributed by atoms with Crippen LogP contribution < -0.4 is 0 Å². The first-order valence-electron chi connectivity index (χ1n) is 6.93. The van der Waals surface area contributed by atoms with Crippen molar-refractivity contribution in [2.45, 2.75) is 19.4 Å². The van der Waals surface area contributed by atoms with Gasteiger partial charge in [0, 0.05) is 24.5 Å². The van der Waals surface area contributed by atoms with Crippen molar-refractivity contribution in [2.24, 2.45) is 5.92 Å². The van der Waals surface area contributed by atoms with E-state index in [1.807, 2.05) is 6.07 Å². The molecule has 1 aliphatic heterocycles. The largest absolute Gasteiger partial charge is 0.395 e. The normalized spacial score (nSPS) is 18.3. The highest BCUT2D eigenvalue weighted by Gasteiger charge is 2.20. The summed E-state index contributed by atoms with van der Waals surface area (Å²) < 4.78 is 0.876. The molecule has 0 bridgehead atoms. The van der Waals surface area contributed by atoms with Crippen LogP contribution in [0.25, 0.3) is 0 Å². The minimum Gasteiger partial charge on any atom is -0.395 e. The standard InChI is InChI=1S/C14H23ClN2OS/c1-16(11-13-2-3-14(15)19-13)10-12-4-6-17(7-5-12)8-9-18/h2-3,12,18H,4-11H2,1H3. The van der Waals surface area contributed by atoms with E-state index in [9.17, 15) is 0 Å². The molecule has 19 heavy (non-hydrogen) atoms. The molecule has 0 amide bonds. The number of halogens is 1. The third-order valence-electron chi connectivity index (χ3n) is 3.75. The van der Waals surface area contributed by atoms with Crippen LogP contribution in [0.2, 0.25) is 4.34 Å². The molecule has 1 fully saturated rings. The van der Waals surface area contributed by atoms with Gasteiger partial charge in [-0.1, -0.05) is 11.6 Å². The van der Waals surface area contributed by atoms with E-state index in [0.29, 0.717) is 0 Å². The number of aliphatic hydroxyl groups excluding tert-OH is 1. The Morgan fingerprint density at radius 1 is 1.42 bits per heavy atom. The summed E-state index contributed by atoms with van der Waals surface area (Å²) in [5, 5.41) is 8.94. The number of likely N-dealkylation sites (tertiary alicyclic amines) is 1. The van der Waals surface area contributed by atoms with Crippen LogP contribution in [0.5, 0.6) is 0 Å². The number of thiophene rings is 1. The van der Waals surface area contributed by atoms with Crippen LogP contribution in [-0.2, 0) is 6.54 Å². The van der Waals surface area contributed by atoms with Gasteiger partial charge in [-0.15, -0.1) is 11.3 Å². The lowest BCUT2D eigenvalue weighted by Crippen LogP contribution is -2.38. The van der Waals surface area contributed by atoms with E-state index in [1.54, 1.807) is 11.3 Å². The van der Waals surface area contributed by atoms with Gasteiger partial charge >= 0.3 is 0 Å². The molecular formula is C14H23ClN2OS. The quantitative estimate of drug-likeness (QED) is 0.875. The van der Waals surface area contributed by atoms with Crippen molar-refractivity contribution in [1.82, 2.24) is 9.80 Å². The molecule has 1 aromatic rings. The molecule has 0 aliphatic carbocycles. The molecule has 108 valence electrons. The molecule has 0 unspecified atom stereocenters. The van der Waals surface area contributed by atoms with E-state index in [-0.39, 0.29) is 6.61 Å². The highest BCUT2D eigenvalue weighted by atomic mass is 35.5. The third-order valence-corrected chi connectivity index (χ3v) is 4.96. The lowest BCUT2D eigenvalue weighted by Gasteiger charge is -2.33. The van der Waals surface area contributed by atoms with Gasteiger partial charge in [-0.25, -0.2) is 0 Å². The minimum atomic E-state index is 0.281. The van der Waals surface area contributed by atoms with Crippen molar-refractivity contribution < 1.29 is 5.11 Å². The van der Waals surface area contributed by atoms with Crippen LogP contribution >= 0.6 is 22.9 Å². The molecular weight excluding hydrogens is 280 g/mol. The van der Waals surface area contributed by atoms with E-state index in [2.05, 4.69) is 22.9 Å². The van der Waals surface area contributed by atoms with Gasteiger partial charge in [-0.05, 0) is 51.0 Å². The first kappa shape index (κ1) is 15.3. The fourth-order valence-corrected chi connectivity index (χ4v) is 3.91. The fraction of sp³-hybridized carbons (Fsp3) is 0.714. The molecule has 5 heteroatoms. The summed E-state index contributed by atoms with van der Waals surface area (Å²) in [6.45, 7) is 5.52. The number of hydrogen-bond donors (Lipinski definition) is 1. The SMILES string of the molecule is CN(Cc1ccc(Cl)s1)CC1CCN(CCO)CC1. The van der Waals surface area contributed by atoms with Crippen LogP contribution in [0.3, 0.4) is 0 Å². The number of aliphatic hydroxyl groups is 1. The van der Waals surface area contributed by atoms with Gasteiger partial charge in [0.1, 0.15) is 0 Å². The second kappa shape index (κ2) is 7.60. The van der Waals surface area contributed by atoms with Gasteiger partial charge in [-0.3, -0.25) is 0 Å². The van der Waals surface area contributed by atoms with Gasteiger partial charge < -0.3 is 14.9 Å². The van der Waals surface area contributed by atoms with Crippen molar-refractivity contribution in [3.05, 3.63) is 21.3 Å². The topological polar surface area (TPSA) is 26.7 Å². The zero-order chi connectivity index (χ0) is 13.7. The molecule has 2 rings (SSSR count). The molecule has 1 aromatic heterocycles. The molecule has 2 heterocycles. The summed E-state index contributed by atoms with van der Waals surface area (Å²) in [7, 11) is 2.19. The summed E-state index contributed by atoms with van der Waals surface area (Å²) in [6, 6.07) is 4.09. The van der Waals surface area contributed by atoms with Gasteiger partial charge in [0.2, 0.25) is 0 Å². The van der Waals surface area contributed by atoms with Crippen molar-refractivity contribution >= 4 is 22.9 Å². The number of piperidine rings is 1. The molecule has 3 nitrogen and oxygen atoms in total.